The molecule has 2 aromatic carbocycles. The Morgan fingerprint density at radius 1 is 0.787 bits per heavy atom. The Balaban J connectivity index is 0.000000189. The summed E-state index contributed by atoms with van der Waals surface area (Å²) in [5.41, 5.74) is 3.23. The highest BCUT2D eigenvalue weighted by Gasteiger charge is 2.15. The lowest BCUT2D eigenvalue weighted by Crippen LogP contribution is -2.11. The van der Waals surface area contributed by atoms with E-state index in [0.29, 0.717) is 70.1 Å². The molecule has 47 heavy (non-hydrogen) atoms. The van der Waals surface area contributed by atoms with Gasteiger partial charge in [-0.3, -0.25) is 4.79 Å². The molecule has 0 atom stereocenters. The highest BCUT2D eigenvalue weighted by molar-refractivity contribution is 9.11. The molecule has 0 unspecified atom stereocenters. The number of ether oxygens (including phenoxy) is 1. The van der Waals surface area contributed by atoms with Crippen LogP contribution in [0.2, 0.25) is 0 Å². The van der Waals surface area contributed by atoms with E-state index in [1.54, 1.807) is 70.8 Å². The minimum Gasteiger partial charge on any atom is -0.466 e. The average molecular weight is 770 g/mol. The molecule has 0 amide bonds. The van der Waals surface area contributed by atoms with Gasteiger partial charge in [0.15, 0.2) is 11.3 Å². The van der Waals surface area contributed by atoms with E-state index in [1.807, 2.05) is 6.07 Å². The molecule has 0 aliphatic rings. The number of fused-ring (bicyclic) bond motifs is 2. The summed E-state index contributed by atoms with van der Waals surface area (Å²) in [4.78, 5) is 20.4. The second-order valence-corrected chi connectivity index (χ2v) is 11.9. The number of carbonyl (C=O) groups is 1. The van der Waals surface area contributed by atoms with Crippen molar-refractivity contribution in [3.63, 3.8) is 0 Å². The SMILES string of the molecule is CCCNc1cc(-c2ccccc2F)nc2c(Br)cnn12.CCOC(=O)CCCNc1cc(-c2ccccc2F)nc2c(Br)cnn12. The van der Waals surface area contributed by atoms with Crippen molar-refractivity contribution in [2.75, 3.05) is 30.3 Å². The Morgan fingerprint density at radius 3 is 1.74 bits per heavy atom. The summed E-state index contributed by atoms with van der Waals surface area (Å²) in [5, 5.41) is 15.1. The van der Waals surface area contributed by atoms with Crippen LogP contribution in [0.4, 0.5) is 20.4 Å². The van der Waals surface area contributed by atoms with Crippen molar-refractivity contribution in [2.45, 2.75) is 33.1 Å². The summed E-state index contributed by atoms with van der Waals surface area (Å²) in [7, 11) is 0. The van der Waals surface area contributed by atoms with E-state index < -0.39 is 0 Å². The van der Waals surface area contributed by atoms with E-state index in [-0.39, 0.29) is 17.6 Å². The van der Waals surface area contributed by atoms with Crippen molar-refractivity contribution >= 4 is 60.8 Å². The fourth-order valence-electron chi connectivity index (χ4n) is 4.67. The molecule has 2 N–H and O–H groups in total. The predicted octanol–water partition coefficient (Wildman–Crippen LogP) is 8.17. The van der Waals surface area contributed by atoms with E-state index in [2.05, 4.69) is 69.6 Å². The summed E-state index contributed by atoms with van der Waals surface area (Å²) >= 11 is 6.84. The molecular weight excluding hydrogens is 738 g/mol. The van der Waals surface area contributed by atoms with Crippen LogP contribution < -0.4 is 10.6 Å². The normalized spacial score (nSPS) is 10.9. The van der Waals surface area contributed by atoms with Gasteiger partial charge in [-0.25, -0.2) is 18.7 Å². The second-order valence-electron chi connectivity index (χ2n) is 10.2. The van der Waals surface area contributed by atoms with Gasteiger partial charge in [0.1, 0.15) is 23.3 Å². The molecule has 6 rings (SSSR count). The Kier molecular flexibility index (Phi) is 11.5. The highest BCUT2D eigenvalue weighted by atomic mass is 79.9. The van der Waals surface area contributed by atoms with Gasteiger partial charge in [0, 0.05) is 42.8 Å². The molecular formula is C33H32Br2F2N8O2. The highest BCUT2D eigenvalue weighted by Crippen LogP contribution is 2.29. The molecule has 6 aromatic rings. The summed E-state index contributed by atoms with van der Waals surface area (Å²) in [5.74, 6) is 0.622. The maximum atomic E-state index is 14.2. The molecule has 10 nitrogen and oxygen atoms in total. The molecule has 4 aromatic heterocycles. The van der Waals surface area contributed by atoms with Crippen molar-refractivity contribution in [1.29, 1.82) is 0 Å². The number of benzene rings is 2. The molecule has 0 bridgehead atoms. The maximum absolute atomic E-state index is 14.2. The van der Waals surface area contributed by atoms with Crippen LogP contribution in [-0.2, 0) is 9.53 Å². The van der Waals surface area contributed by atoms with Gasteiger partial charge in [0.05, 0.1) is 39.3 Å². The first-order chi connectivity index (χ1) is 22.8. The molecule has 0 aliphatic carbocycles. The van der Waals surface area contributed by atoms with Crippen LogP contribution in [0.15, 0.2) is 82.0 Å². The third-order valence-electron chi connectivity index (χ3n) is 6.88. The molecule has 0 spiro atoms. The van der Waals surface area contributed by atoms with Gasteiger partial charge in [0.2, 0.25) is 0 Å². The van der Waals surface area contributed by atoms with Crippen molar-refractivity contribution in [3.8, 4) is 22.5 Å². The third-order valence-corrected chi connectivity index (χ3v) is 8.00. The zero-order valence-electron chi connectivity index (χ0n) is 25.7. The number of nitrogens with zero attached hydrogens (tertiary/aromatic N) is 6. The Labute approximate surface area is 286 Å². The van der Waals surface area contributed by atoms with Crippen LogP contribution in [0.3, 0.4) is 0 Å². The number of anilines is 2. The van der Waals surface area contributed by atoms with Gasteiger partial charge in [-0.2, -0.15) is 19.2 Å². The smallest absolute Gasteiger partial charge is 0.305 e. The van der Waals surface area contributed by atoms with Crippen molar-refractivity contribution < 1.29 is 18.3 Å². The van der Waals surface area contributed by atoms with Gasteiger partial charge in [0.25, 0.3) is 0 Å². The lowest BCUT2D eigenvalue weighted by atomic mass is 10.1. The van der Waals surface area contributed by atoms with Gasteiger partial charge >= 0.3 is 5.97 Å². The lowest BCUT2D eigenvalue weighted by Gasteiger charge is -2.11. The van der Waals surface area contributed by atoms with Crippen LogP contribution in [-0.4, -0.2) is 54.9 Å². The number of nitrogens with one attached hydrogen (secondary N) is 2. The quantitative estimate of drug-likeness (QED) is 0.100. The average Bonchev–Trinajstić information content (AvgIpc) is 3.64. The van der Waals surface area contributed by atoms with E-state index in [0.717, 1.165) is 23.3 Å². The number of aromatic nitrogens is 6. The van der Waals surface area contributed by atoms with Crippen LogP contribution in [0.1, 0.15) is 33.1 Å². The Hall–Kier alpha value is -4.43. The van der Waals surface area contributed by atoms with Gasteiger partial charge in [-0.1, -0.05) is 31.2 Å². The van der Waals surface area contributed by atoms with Crippen LogP contribution in [0, 0.1) is 11.6 Å². The second kappa shape index (κ2) is 15.9. The molecule has 0 radical (unpaired) electrons. The fraction of sp³-hybridized carbons (Fsp3) is 0.242. The number of esters is 1. The monoisotopic (exact) mass is 768 g/mol. The minimum absolute atomic E-state index is 0.219. The first kappa shape index (κ1) is 33.9. The molecule has 0 saturated carbocycles. The van der Waals surface area contributed by atoms with Crippen LogP contribution in [0.5, 0.6) is 0 Å². The Bertz CT molecular complexity index is 2000. The van der Waals surface area contributed by atoms with Gasteiger partial charge in [-0.05, 0) is 75.9 Å². The maximum Gasteiger partial charge on any atom is 0.305 e. The molecule has 14 heteroatoms. The van der Waals surface area contributed by atoms with Crippen molar-refractivity contribution in [2.24, 2.45) is 0 Å². The van der Waals surface area contributed by atoms with Gasteiger partial charge < -0.3 is 15.4 Å². The number of carbonyl (C=O) groups excluding carboxylic acids is 1. The number of rotatable bonds is 11. The summed E-state index contributed by atoms with van der Waals surface area (Å²) < 4.78 is 37.9. The standard InChI is InChI=1S/C18H18BrFN4O2.C15H14BrFN4/c1-2-26-17(25)8-5-9-21-16-10-15(12-6-3-4-7-14(12)20)23-18-13(19)11-22-24(16)18;1-2-7-18-14-8-13(10-5-3-4-6-12(10)17)20-15-11(16)9-19-21(14)15/h3-4,6-7,10-11,21H,2,5,8-9H2,1H3;3-6,8-9,18H,2,7H2,1H3. The van der Waals surface area contributed by atoms with Gasteiger partial charge in [-0.15, -0.1) is 0 Å². The summed E-state index contributed by atoms with van der Waals surface area (Å²) in [6.45, 7) is 5.61. The number of hydrogen-bond donors (Lipinski definition) is 2. The van der Waals surface area contributed by atoms with E-state index >= 15 is 0 Å². The summed E-state index contributed by atoms with van der Waals surface area (Å²) in [6, 6.07) is 16.7. The molecule has 4 heterocycles. The predicted molar refractivity (Wildman–Crippen MR) is 185 cm³/mol. The van der Waals surface area contributed by atoms with E-state index in [9.17, 15) is 13.6 Å². The molecule has 244 valence electrons. The van der Waals surface area contributed by atoms with Crippen molar-refractivity contribution in [3.05, 3.63) is 93.6 Å². The molecule has 0 aliphatic heterocycles. The van der Waals surface area contributed by atoms with Crippen molar-refractivity contribution in [1.82, 2.24) is 29.2 Å². The van der Waals surface area contributed by atoms with Crippen LogP contribution in [0.25, 0.3) is 33.8 Å². The molecule has 0 saturated heterocycles. The number of hydrogen-bond acceptors (Lipinski definition) is 8. The third kappa shape index (κ3) is 8.11. The lowest BCUT2D eigenvalue weighted by molar-refractivity contribution is -0.143. The summed E-state index contributed by atoms with van der Waals surface area (Å²) in [6.07, 6.45) is 5.25. The fourth-order valence-corrected chi connectivity index (χ4v) is 5.37. The number of halogens is 4. The molecule has 0 fully saturated rings. The first-order valence-electron chi connectivity index (χ1n) is 15.0. The topological polar surface area (TPSA) is 111 Å². The minimum atomic E-state index is -0.340. The zero-order chi connectivity index (χ0) is 33.3. The largest absolute Gasteiger partial charge is 0.466 e. The first-order valence-corrected chi connectivity index (χ1v) is 16.6. The van der Waals surface area contributed by atoms with E-state index in [1.165, 1.54) is 12.1 Å². The Morgan fingerprint density at radius 2 is 1.28 bits per heavy atom. The zero-order valence-corrected chi connectivity index (χ0v) is 28.9. The van der Waals surface area contributed by atoms with Crippen LogP contribution >= 0.6 is 31.9 Å². The van der Waals surface area contributed by atoms with E-state index in [4.69, 9.17) is 4.74 Å².